The lowest BCUT2D eigenvalue weighted by Crippen LogP contribution is -2.20. The highest BCUT2D eigenvalue weighted by Crippen LogP contribution is 2.29. The van der Waals surface area contributed by atoms with Crippen LogP contribution in [0.5, 0.6) is 23.0 Å². The third-order valence-electron chi connectivity index (χ3n) is 4.13. The van der Waals surface area contributed by atoms with Crippen LogP contribution in [0.15, 0.2) is 36.4 Å². The molecule has 5 nitrogen and oxygen atoms in total. The molecule has 0 atom stereocenters. The third-order valence-corrected chi connectivity index (χ3v) is 4.13. The van der Waals surface area contributed by atoms with Crippen LogP contribution in [0.4, 0.5) is 0 Å². The van der Waals surface area contributed by atoms with E-state index in [1.165, 1.54) is 11.1 Å². The van der Waals surface area contributed by atoms with Crippen molar-refractivity contribution >= 4 is 0 Å². The normalized spacial score (nSPS) is 10.6. The summed E-state index contributed by atoms with van der Waals surface area (Å²) in [6, 6.07) is 12.1. The van der Waals surface area contributed by atoms with E-state index < -0.39 is 0 Å². The second-order valence-corrected chi connectivity index (χ2v) is 5.87. The summed E-state index contributed by atoms with van der Waals surface area (Å²) in [5, 5.41) is 0. The van der Waals surface area contributed by atoms with E-state index in [2.05, 4.69) is 24.1 Å². The second-order valence-electron chi connectivity index (χ2n) is 5.87. The molecule has 0 aromatic heterocycles. The van der Waals surface area contributed by atoms with E-state index in [9.17, 15) is 0 Å². The minimum atomic E-state index is 0.749. The molecule has 0 saturated carbocycles. The van der Waals surface area contributed by atoms with E-state index in [-0.39, 0.29) is 0 Å². The van der Waals surface area contributed by atoms with Crippen LogP contribution in [0.3, 0.4) is 0 Å². The lowest BCUT2D eigenvalue weighted by atomic mass is 10.1. The molecule has 0 bridgehead atoms. The fourth-order valence-corrected chi connectivity index (χ4v) is 2.73. The molecule has 0 aliphatic heterocycles. The maximum atomic E-state index is 5.37. The highest BCUT2D eigenvalue weighted by atomic mass is 16.5. The molecule has 0 unspecified atom stereocenters. The lowest BCUT2D eigenvalue weighted by molar-refractivity contribution is 0.326. The highest BCUT2D eigenvalue weighted by molar-refractivity contribution is 5.43. The first-order valence-corrected chi connectivity index (χ1v) is 8.21. The topological polar surface area (TPSA) is 40.2 Å². The maximum Gasteiger partial charge on any atom is 0.161 e. The van der Waals surface area contributed by atoms with Crippen molar-refractivity contribution in [3.63, 3.8) is 0 Å². The minimum absolute atomic E-state index is 0.749. The number of hydrogen-bond donors (Lipinski definition) is 0. The Kier molecular flexibility index (Phi) is 6.95. The monoisotopic (exact) mass is 345 g/mol. The number of hydrogen-bond acceptors (Lipinski definition) is 5. The Balaban J connectivity index is 1.95. The van der Waals surface area contributed by atoms with Crippen molar-refractivity contribution in [2.75, 3.05) is 42.0 Å². The van der Waals surface area contributed by atoms with Crippen molar-refractivity contribution in [3.8, 4) is 23.0 Å². The van der Waals surface area contributed by atoms with E-state index >= 15 is 0 Å². The Morgan fingerprint density at radius 1 is 0.680 bits per heavy atom. The second kappa shape index (κ2) is 9.18. The summed E-state index contributed by atoms with van der Waals surface area (Å²) in [7, 11) is 8.71. The van der Waals surface area contributed by atoms with Crippen molar-refractivity contribution in [2.24, 2.45) is 0 Å². The highest BCUT2D eigenvalue weighted by Gasteiger charge is 2.08. The van der Waals surface area contributed by atoms with Gasteiger partial charge < -0.3 is 23.8 Å². The predicted molar refractivity (Wildman–Crippen MR) is 99.1 cm³/mol. The molecule has 5 heteroatoms. The molecule has 0 amide bonds. The molecule has 0 N–H and O–H groups in total. The molecule has 2 rings (SSSR count). The van der Waals surface area contributed by atoms with Gasteiger partial charge in [0.25, 0.3) is 0 Å². The van der Waals surface area contributed by atoms with Gasteiger partial charge in [-0.1, -0.05) is 12.1 Å². The van der Waals surface area contributed by atoms with Crippen LogP contribution in [0.25, 0.3) is 0 Å². The molecule has 0 aliphatic carbocycles. The van der Waals surface area contributed by atoms with Crippen LogP contribution >= 0.6 is 0 Å². The van der Waals surface area contributed by atoms with Crippen LogP contribution in [0.1, 0.15) is 11.1 Å². The average molecular weight is 345 g/mol. The zero-order chi connectivity index (χ0) is 18.2. The van der Waals surface area contributed by atoms with Gasteiger partial charge in [0.15, 0.2) is 23.0 Å². The minimum Gasteiger partial charge on any atom is -0.493 e. The summed E-state index contributed by atoms with van der Waals surface area (Å²) in [5.74, 6) is 3.03. The van der Waals surface area contributed by atoms with Crippen LogP contribution in [-0.4, -0.2) is 46.9 Å². The Morgan fingerprint density at radius 3 is 1.68 bits per heavy atom. The third kappa shape index (κ3) is 5.03. The fraction of sp³-hybridized carbons (Fsp3) is 0.400. The molecule has 0 radical (unpaired) electrons. The SMILES string of the molecule is COc1ccc(CCN(C)Cc2ccc(OC)c(OC)c2)cc1OC. The Labute approximate surface area is 150 Å². The summed E-state index contributed by atoms with van der Waals surface area (Å²) in [5.41, 5.74) is 2.41. The van der Waals surface area contributed by atoms with Gasteiger partial charge in [-0.15, -0.1) is 0 Å². The number of rotatable bonds is 9. The first kappa shape index (κ1) is 18.9. The Bertz CT molecular complexity index is 687. The van der Waals surface area contributed by atoms with Crippen LogP contribution in [0, 0.1) is 0 Å². The number of benzene rings is 2. The summed E-state index contributed by atoms with van der Waals surface area (Å²) < 4.78 is 21.3. The quantitative estimate of drug-likeness (QED) is 0.697. The van der Waals surface area contributed by atoms with Gasteiger partial charge in [0.05, 0.1) is 28.4 Å². The van der Waals surface area contributed by atoms with Gasteiger partial charge in [-0.3, -0.25) is 0 Å². The smallest absolute Gasteiger partial charge is 0.161 e. The van der Waals surface area contributed by atoms with Gasteiger partial charge in [0.1, 0.15) is 0 Å². The first-order valence-electron chi connectivity index (χ1n) is 8.21. The van der Waals surface area contributed by atoms with Gasteiger partial charge in [-0.25, -0.2) is 0 Å². The molecular weight excluding hydrogens is 318 g/mol. The molecule has 0 spiro atoms. The fourth-order valence-electron chi connectivity index (χ4n) is 2.73. The van der Waals surface area contributed by atoms with Gasteiger partial charge in [-0.2, -0.15) is 0 Å². The Hall–Kier alpha value is -2.40. The summed E-state index contributed by atoms with van der Waals surface area (Å²) in [4.78, 5) is 2.28. The summed E-state index contributed by atoms with van der Waals surface area (Å²) in [6.07, 6.45) is 0.935. The van der Waals surface area contributed by atoms with Crippen molar-refractivity contribution in [1.29, 1.82) is 0 Å². The Morgan fingerprint density at radius 2 is 1.16 bits per heavy atom. The van der Waals surface area contributed by atoms with Gasteiger partial charge in [0, 0.05) is 13.1 Å². The molecule has 2 aromatic carbocycles. The van der Waals surface area contributed by atoms with Crippen LogP contribution in [-0.2, 0) is 13.0 Å². The van der Waals surface area contributed by atoms with Crippen molar-refractivity contribution in [1.82, 2.24) is 4.90 Å². The molecular formula is C20H27NO4. The van der Waals surface area contributed by atoms with Crippen LogP contribution < -0.4 is 18.9 Å². The van der Waals surface area contributed by atoms with E-state index in [0.717, 1.165) is 42.5 Å². The largest absolute Gasteiger partial charge is 0.493 e. The summed E-state index contributed by atoms with van der Waals surface area (Å²) >= 11 is 0. The molecule has 0 heterocycles. The lowest BCUT2D eigenvalue weighted by Gasteiger charge is -2.18. The standard InChI is InChI=1S/C20H27NO4/c1-21(14-16-7-9-18(23-3)20(13-16)25-5)11-10-15-6-8-17(22-2)19(12-15)24-4/h6-9,12-13H,10-11,14H2,1-5H3. The molecule has 25 heavy (non-hydrogen) atoms. The van der Waals surface area contributed by atoms with Crippen molar-refractivity contribution in [2.45, 2.75) is 13.0 Å². The molecule has 2 aromatic rings. The van der Waals surface area contributed by atoms with E-state index in [0.29, 0.717) is 0 Å². The van der Waals surface area contributed by atoms with Crippen LogP contribution in [0.2, 0.25) is 0 Å². The van der Waals surface area contributed by atoms with Gasteiger partial charge in [-0.05, 0) is 48.9 Å². The van der Waals surface area contributed by atoms with Crippen molar-refractivity contribution < 1.29 is 18.9 Å². The van der Waals surface area contributed by atoms with E-state index in [1.54, 1.807) is 28.4 Å². The van der Waals surface area contributed by atoms with Crippen molar-refractivity contribution in [3.05, 3.63) is 47.5 Å². The molecule has 136 valence electrons. The number of nitrogens with zero attached hydrogens (tertiary/aromatic N) is 1. The van der Waals surface area contributed by atoms with E-state index in [1.807, 2.05) is 24.3 Å². The predicted octanol–water partition coefficient (Wildman–Crippen LogP) is 3.40. The van der Waals surface area contributed by atoms with E-state index in [4.69, 9.17) is 18.9 Å². The van der Waals surface area contributed by atoms with Gasteiger partial charge in [0.2, 0.25) is 0 Å². The zero-order valence-electron chi connectivity index (χ0n) is 15.7. The zero-order valence-corrected chi connectivity index (χ0v) is 15.7. The number of ether oxygens (including phenoxy) is 4. The average Bonchev–Trinajstić information content (AvgIpc) is 2.65. The van der Waals surface area contributed by atoms with Gasteiger partial charge >= 0.3 is 0 Å². The first-order chi connectivity index (χ1) is 12.1. The number of likely N-dealkylation sites (N-methyl/N-ethyl adjacent to an activating group) is 1. The maximum absolute atomic E-state index is 5.37. The molecule has 0 fully saturated rings. The molecule has 0 aliphatic rings. The molecule has 0 saturated heterocycles. The number of methoxy groups -OCH3 is 4. The summed E-state index contributed by atoms with van der Waals surface area (Å²) in [6.45, 7) is 1.78.